The molecule has 127 heavy (non-hydrogen) atoms. The first-order valence-corrected chi connectivity index (χ1v) is 45.0. The lowest BCUT2D eigenvalue weighted by atomic mass is 9.73. The number of aliphatic hydroxyl groups is 2. The highest BCUT2D eigenvalue weighted by Crippen LogP contribution is 2.49. The van der Waals surface area contributed by atoms with E-state index in [4.69, 9.17) is 9.47 Å². The lowest BCUT2D eigenvalue weighted by molar-refractivity contribution is -0.167. The van der Waals surface area contributed by atoms with Crippen LogP contribution < -0.4 is 0 Å². The number of rotatable bonds is 19. The number of nitrogens with zero attached hydrogens (tertiary/aromatic N) is 11. The number of piperazine rings is 4. The standard InChI is InChI=1S/C28H29N3O3.C27H27N3O3.C26H25N3O3.C21H24N2O4S/c1-19-7-3-4-9-23(19)20-10-12-21(13-11-20)28-24-16-30(17-27(33)31(24)25(28)18-34-2)26(32)15-22-8-5-6-14-29-22;1-18-6-3-4-8-22(18)19-9-11-20(12-10-19)26-23-15-29(27(32)21-7-5-13-28-14-21)16-25(31)30(23)24(26)17-33-2;1-17-4-2-3-5-21(17)18-6-8-19(9-7-18)25-22-14-28(15-24(31)29(22)23(25)16-30)26(32)20-10-12-27-13-11-20;1-14-5-3-4-6-17(14)15-7-9-16(10-8-15)21-18-11-22(28(2,26)27)12-20(25)23(18)19(21)13-24/h3-14,24-25,28H,15-18H2,1-2H3;3-14,23-24,26H,15-17H2,1-2H3;2-13,22-23,25,30H,14-16H2,1H3;3-10,18-19,21,24H,11-13H2,1-2H3/t24-,25+,28-;23-,24+,26-;22-,23+,25-;18-,19+,21-/m0110/s1. The summed E-state index contributed by atoms with van der Waals surface area (Å²) in [5, 5.41) is 19.9. The van der Waals surface area contributed by atoms with E-state index in [0.717, 1.165) is 34.2 Å². The Morgan fingerprint density at radius 2 is 0.724 bits per heavy atom. The zero-order valence-corrected chi connectivity index (χ0v) is 73.1. The number of aliphatic hydroxyl groups excluding tert-OH is 2. The van der Waals surface area contributed by atoms with Crippen LogP contribution in [-0.2, 0) is 49.9 Å². The second-order valence-corrected chi connectivity index (χ2v) is 36.0. The van der Waals surface area contributed by atoms with Gasteiger partial charge in [0.15, 0.2) is 0 Å². The Balaban J connectivity index is 0.000000125. The summed E-state index contributed by atoms with van der Waals surface area (Å²) < 4.78 is 36.1. The molecule has 8 aliphatic rings. The Hall–Kier alpha value is -12.8. The molecule has 0 unspecified atom stereocenters. The van der Waals surface area contributed by atoms with Gasteiger partial charge in [0.25, 0.3) is 11.8 Å². The van der Waals surface area contributed by atoms with Crippen molar-refractivity contribution in [1.29, 1.82) is 0 Å². The average molecular weight is 1730 g/mol. The number of ether oxygens (including phenoxy) is 2. The minimum Gasteiger partial charge on any atom is -0.394 e. The van der Waals surface area contributed by atoms with Crippen molar-refractivity contribution in [1.82, 2.24) is 53.6 Å². The molecule has 24 nitrogen and oxygen atoms in total. The minimum absolute atomic E-state index is 0.0112. The fourth-order valence-corrected chi connectivity index (χ4v) is 21.0. The van der Waals surface area contributed by atoms with E-state index in [-0.39, 0.29) is 166 Å². The van der Waals surface area contributed by atoms with E-state index in [1.165, 1.54) is 71.1 Å². The van der Waals surface area contributed by atoms with Crippen LogP contribution in [0.4, 0.5) is 0 Å². The molecule has 0 bridgehead atoms. The van der Waals surface area contributed by atoms with Gasteiger partial charge in [-0.2, -0.15) is 4.31 Å². The van der Waals surface area contributed by atoms with Gasteiger partial charge >= 0.3 is 0 Å². The molecule has 0 aliphatic carbocycles. The number of amides is 7. The number of benzene rings is 8. The second kappa shape index (κ2) is 38.2. The maximum atomic E-state index is 13.0. The highest BCUT2D eigenvalue weighted by atomic mass is 32.2. The molecule has 11 aromatic rings. The number of hydrogen-bond donors (Lipinski definition) is 2. The van der Waals surface area contributed by atoms with E-state index in [0.29, 0.717) is 44.0 Å². The fraction of sp³-hybridized carbons (Fsp3) is 0.314. The predicted octanol–water partition coefficient (Wildman–Crippen LogP) is 11.4. The number of carbonyl (C=O) groups excluding carboxylic acids is 7. The smallest absolute Gasteiger partial charge is 0.255 e. The Labute approximate surface area is 741 Å². The predicted molar refractivity (Wildman–Crippen MR) is 484 cm³/mol. The van der Waals surface area contributed by atoms with E-state index in [1.807, 2.05) is 88.7 Å². The van der Waals surface area contributed by atoms with Gasteiger partial charge in [-0.1, -0.05) is 200 Å². The van der Waals surface area contributed by atoms with Gasteiger partial charge < -0.3 is 54.0 Å². The van der Waals surface area contributed by atoms with Crippen LogP contribution in [0.5, 0.6) is 0 Å². The van der Waals surface area contributed by atoms with E-state index >= 15 is 0 Å². The van der Waals surface area contributed by atoms with E-state index < -0.39 is 10.0 Å². The van der Waals surface area contributed by atoms with Crippen LogP contribution in [0.1, 0.15) is 94.6 Å². The third kappa shape index (κ3) is 18.0. The van der Waals surface area contributed by atoms with Gasteiger partial charge in [0, 0.05) is 106 Å². The third-order valence-corrected chi connectivity index (χ3v) is 27.8. The highest BCUT2D eigenvalue weighted by molar-refractivity contribution is 7.88. The molecular formula is C102H105N11O13S. The van der Waals surface area contributed by atoms with Gasteiger partial charge in [0.1, 0.15) is 13.1 Å². The van der Waals surface area contributed by atoms with Gasteiger partial charge in [-0.3, -0.25) is 48.5 Å². The lowest BCUT2D eigenvalue weighted by Gasteiger charge is -2.59. The molecule has 19 rings (SSSR count). The maximum absolute atomic E-state index is 13.0. The summed E-state index contributed by atoms with van der Waals surface area (Å²) in [6.45, 7) is 11.0. The summed E-state index contributed by atoms with van der Waals surface area (Å²) in [6.07, 6.45) is 9.36. The van der Waals surface area contributed by atoms with E-state index in [9.17, 15) is 52.2 Å². The molecule has 2 N–H and O–H groups in total. The third-order valence-electron chi connectivity index (χ3n) is 26.6. The number of carbonyl (C=O) groups is 7. The normalized spacial score (nSPS) is 22.7. The van der Waals surface area contributed by atoms with Crippen molar-refractivity contribution in [2.75, 3.05) is 99.3 Å². The van der Waals surface area contributed by atoms with E-state index in [2.05, 4.69) is 176 Å². The van der Waals surface area contributed by atoms with Crippen molar-refractivity contribution >= 4 is 51.4 Å². The summed E-state index contributed by atoms with van der Waals surface area (Å²) in [4.78, 5) is 115. The summed E-state index contributed by atoms with van der Waals surface area (Å²) in [5.41, 5.74) is 20.4. The summed E-state index contributed by atoms with van der Waals surface area (Å²) >= 11 is 0. The largest absolute Gasteiger partial charge is 0.394 e. The van der Waals surface area contributed by atoms with Gasteiger partial charge in [0.05, 0.1) is 106 Å². The zero-order chi connectivity index (χ0) is 88.9. The molecule has 8 fully saturated rings. The average Bonchev–Trinajstić information content (AvgIpc) is 0.737. The van der Waals surface area contributed by atoms with Crippen molar-refractivity contribution in [3.05, 3.63) is 329 Å². The number of aromatic nitrogens is 3. The molecule has 0 saturated carbocycles. The number of hydrogen-bond acceptors (Lipinski definition) is 16. The Bertz CT molecular complexity index is 5940. The van der Waals surface area contributed by atoms with Crippen molar-refractivity contribution in [2.24, 2.45) is 0 Å². The highest BCUT2D eigenvalue weighted by Gasteiger charge is 2.59. The van der Waals surface area contributed by atoms with Crippen LogP contribution in [0.2, 0.25) is 0 Å². The molecule has 8 saturated heterocycles. The lowest BCUT2D eigenvalue weighted by Crippen LogP contribution is -2.73. The number of fused-ring (bicyclic) bond motifs is 4. The van der Waals surface area contributed by atoms with Crippen molar-refractivity contribution in [3.8, 4) is 44.5 Å². The molecular weight excluding hydrogens is 1620 g/mol. The van der Waals surface area contributed by atoms with Crippen molar-refractivity contribution in [3.63, 3.8) is 0 Å². The van der Waals surface area contributed by atoms with Crippen molar-refractivity contribution in [2.45, 2.75) is 106 Å². The molecule has 12 atom stereocenters. The van der Waals surface area contributed by atoms with Crippen LogP contribution in [0.15, 0.2) is 268 Å². The Kier molecular flexibility index (Phi) is 26.4. The minimum atomic E-state index is -3.44. The molecule has 7 amide bonds. The number of aryl methyl sites for hydroxylation is 4. The summed E-state index contributed by atoms with van der Waals surface area (Å²) in [5.74, 6) is -0.628. The van der Waals surface area contributed by atoms with Gasteiger partial charge in [-0.05, 0) is 153 Å². The first kappa shape index (κ1) is 87.7. The van der Waals surface area contributed by atoms with Crippen LogP contribution in [0.25, 0.3) is 44.5 Å². The molecule has 3 aromatic heterocycles. The Morgan fingerprint density at radius 1 is 0.378 bits per heavy atom. The zero-order valence-electron chi connectivity index (χ0n) is 72.2. The number of methoxy groups -OCH3 is 2. The fourth-order valence-electron chi connectivity index (χ4n) is 20.3. The quantitative estimate of drug-likeness (QED) is 0.0761. The van der Waals surface area contributed by atoms with Gasteiger partial charge in [0.2, 0.25) is 39.6 Å². The van der Waals surface area contributed by atoms with Gasteiger partial charge in [-0.15, -0.1) is 0 Å². The topological polar surface area (TPSA) is 277 Å². The van der Waals surface area contributed by atoms with E-state index in [1.54, 1.807) is 94.0 Å². The number of sulfonamides is 1. The van der Waals surface area contributed by atoms with Gasteiger partial charge in [-0.25, -0.2) is 8.42 Å². The summed E-state index contributed by atoms with van der Waals surface area (Å²) in [7, 11) is -0.101. The molecule has 8 aliphatic heterocycles. The first-order chi connectivity index (χ1) is 61.5. The molecule has 0 radical (unpaired) electrons. The first-order valence-electron chi connectivity index (χ1n) is 43.1. The molecule has 25 heteroatoms. The monoisotopic (exact) mass is 1720 g/mol. The van der Waals surface area contributed by atoms with Crippen LogP contribution in [0, 0.1) is 27.7 Å². The maximum Gasteiger partial charge on any atom is 0.255 e. The second-order valence-electron chi connectivity index (χ2n) is 34.0. The summed E-state index contributed by atoms with van der Waals surface area (Å²) in [6, 6.07) is 78.1. The number of pyridine rings is 3. The molecule has 11 heterocycles. The van der Waals surface area contributed by atoms with Crippen molar-refractivity contribution < 1.29 is 61.7 Å². The van der Waals surface area contributed by atoms with Crippen LogP contribution in [-0.4, -0.2) is 261 Å². The SMILES string of the molecule is COC[C@@H]1[C@@H](c2ccc(-c3ccccc3C)cc2)[C@@H]2CN(C(=O)Cc3ccccn3)CC(=O)N12.COC[C@H]1[C@H](c2ccc(-c3ccccc3C)cc2)[C@H]2CN(C(=O)c3cccnc3)CC(=O)N21.Cc1ccccc1-c1ccc([C@@H]2[C@@H](CO)N3C(=O)CN(S(C)(=O)=O)C[C@@H]23)cc1.Cc1ccccc1-c1ccc([C@@H]2[C@H]3CN(C(=O)c4ccncc4)CC(=O)N3[C@H]2CO)cc1. The molecule has 8 aromatic carbocycles. The molecule has 0 spiro atoms. The van der Waals surface area contributed by atoms with Crippen LogP contribution >= 0.6 is 0 Å². The Morgan fingerprint density at radius 3 is 1.08 bits per heavy atom. The van der Waals surface area contributed by atoms with Crippen LogP contribution in [0.3, 0.4) is 0 Å². The molecule has 652 valence electrons.